The van der Waals surface area contributed by atoms with Crippen molar-refractivity contribution in [2.45, 2.75) is 19.1 Å². The predicted molar refractivity (Wildman–Crippen MR) is 71.5 cm³/mol. The van der Waals surface area contributed by atoms with Gasteiger partial charge in [-0.05, 0) is 18.6 Å². The Morgan fingerprint density at radius 2 is 1.74 bits per heavy atom. The van der Waals surface area contributed by atoms with E-state index < -0.39 is 11.7 Å². The lowest BCUT2D eigenvalue weighted by atomic mass is 9.99. The van der Waals surface area contributed by atoms with Crippen LogP contribution >= 0.6 is 12.4 Å². The van der Waals surface area contributed by atoms with Crippen molar-refractivity contribution in [3.63, 3.8) is 0 Å². The third kappa shape index (κ3) is 3.84. The Morgan fingerprint density at radius 1 is 1.16 bits per heavy atom. The molecule has 0 unspecified atom stereocenters. The molecule has 0 radical (unpaired) electrons. The Bertz CT molecular complexity index is 403. The minimum absolute atomic E-state index is 0. The highest BCUT2D eigenvalue weighted by molar-refractivity contribution is 5.85. The number of piperazine rings is 1. The molecule has 1 atom stereocenters. The standard InChI is InChI=1S/C13H17F3N2.ClH/c1-10(18-8-6-17-7-9-18)11-4-2-3-5-12(11)13(14,15)16;/h2-5,10,17H,6-9H2,1H3;1H/t10-;/m0./s1. The molecule has 0 aromatic heterocycles. The van der Waals surface area contributed by atoms with Gasteiger partial charge in [-0.3, -0.25) is 4.90 Å². The molecule has 108 valence electrons. The molecule has 0 spiro atoms. The number of benzene rings is 1. The molecule has 2 nitrogen and oxygen atoms in total. The van der Waals surface area contributed by atoms with Crippen molar-refractivity contribution in [2.24, 2.45) is 0 Å². The summed E-state index contributed by atoms with van der Waals surface area (Å²) >= 11 is 0. The number of halogens is 4. The van der Waals surface area contributed by atoms with Crippen LogP contribution in [0.3, 0.4) is 0 Å². The van der Waals surface area contributed by atoms with Gasteiger partial charge >= 0.3 is 6.18 Å². The monoisotopic (exact) mass is 294 g/mol. The fraction of sp³-hybridized carbons (Fsp3) is 0.538. The van der Waals surface area contributed by atoms with Crippen molar-refractivity contribution in [3.8, 4) is 0 Å². The van der Waals surface area contributed by atoms with Crippen molar-refractivity contribution in [3.05, 3.63) is 35.4 Å². The average molecular weight is 295 g/mol. The third-order valence-electron chi connectivity index (χ3n) is 3.42. The predicted octanol–water partition coefficient (Wildman–Crippen LogP) is 3.09. The number of rotatable bonds is 2. The summed E-state index contributed by atoms with van der Waals surface area (Å²) in [4.78, 5) is 2.08. The van der Waals surface area contributed by atoms with E-state index in [9.17, 15) is 13.2 Å². The highest BCUT2D eigenvalue weighted by Crippen LogP contribution is 2.36. The Morgan fingerprint density at radius 3 is 2.32 bits per heavy atom. The smallest absolute Gasteiger partial charge is 0.314 e. The second-order valence-electron chi connectivity index (χ2n) is 4.55. The normalized spacial score (nSPS) is 18.7. The average Bonchev–Trinajstić information content (AvgIpc) is 2.38. The Hall–Kier alpha value is -0.780. The zero-order chi connectivity index (χ0) is 13.2. The number of nitrogens with one attached hydrogen (secondary N) is 1. The molecular formula is C13H18ClF3N2. The van der Waals surface area contributed by atoms with Gasteiger partial charge in [-0.25, -0.2) is 0 Å². The van der Waals surface area contributed by atoms with Crippen LogP contribution in [0.25, 0.3) is 0 Å². The Balaban J connectivity index is 0.00000180. The lowest BCUT2D eigenvalue weighted by molar-refractivity contribution is -0.138. The summed E-state index contributed by atoms with van der Waals surface area (Å²) in [6, 6.07) is 5.65. The molecule has 6 heteroatoms. The largest absolute Gasteiger partial charge is 0.416 e. The van der Waals surface area contributed by atoms with Gasteiger partial charge in [-0.1, -0.05) is 18.2 Å². The number of hydrogen-bond donors (Lipinski definition) is 1. The Labute approximate surface area is 117 Å². The van der Waals surface area contributed by atoms with E-state index in [0.717, 1.165) is 32.2 Å². The van der Waals surface area contributed by atoms with Gasteiger partial charge in [-0.15, -0.1) is 12.4 Å². The molecule has 0 saturated carbocycles. The van der Waals surface area contributed by atoms with Gasteiger partial charge in [0.25, 0.3) is 0 Å². The van der Waals surface area contributed by atoms with Gasteiger partial charge in [0.05, 0.1) is 5.56 Å². The molecule has 1 heterocycles. The van der Waals surface area contributed by atoms with E-state index in [1.54, 1.807) is 12.1 Å². The lowest BCUT2D eigenvalue weighted by Crippen LogP contribution is -2.44. The summed E-state index contributed by atoms with van der Waals surface area (Å²) in [6.07, 6.45) is -4.28. The van der Waals surface area contributed by atoms with Crippen LogP contribution in [0.4, 0.5) is 13.2 Å². The van der Waals surface area contributed by atoms with Crippen molar-refractivity contribution in [1.82, 2.24) is 10.2 Å². The van der Waals surface area contributed by atoms with Crippen LogP contribution in [0.2, 0.25) is 0 Å². The van der Waals surface area contributed by atoms with Gasteiger partial charge < -0.3 is 5.32 Å². The van der Waals surface area contributed by atoms with Crippen LogP contribution < -0.4 is 5.32 Å². The fourth-order valence-corrected chi connectivity index (χ4v) is 2.39. The van der Waals surface area contributed by atoms with E-state index in [0.29, 0.717) is 5.56 Å². The van der Waals surface area contributed by atoms with E-state index in [2.05, 4.69) is 10.2 Å². The molecule has 1 N–H and O–H groups in total. The first-order valence-corrected chi connectivity index (χ1v) is 6.11. The van der Waals surface area contributed by atoms with E-state index in [4.69, 9.17) is 0 Å². The second kappa shape index (κ2) is 6.59. The maximum atomic E-state index is 12.9. The zero-order valence-electron chi connectivity index (χ0n) is 10.7. The molecule has 2 rings (SSSR count). The van der Waals surface area contributed by atoms with E-state index in [1.165, 1.54) is 6.07 Å². The highest BCUT2D eigenvalue weighted by Gasteiger charge is 2.35. The first kappa shape index (κ1) is 16.3. The van der Waals surface area contributed by atoms with Crippen LogP contribution in [0.15, 0.2) is 24.3 Å². The maximum Gasteiger partial charge on any atom is 0.416 e. The summed E-state index contributed by atoms with van der Waals surface area (Å²) in [5.41, 5.74) is -0.150. The van der Waals surface area contributed by atoms with E-state index in [1.807, 2.05) is 6.92 Å². The van der Waals surface area contributed by atoms with Crippen LogP contribution in [-0.2, 0) is 6.18 Å². The topological polar surface area (TPSA) is 15.3 Å². The number of nitrogens with zero attached hydrogens (tertiary/aromatic N) is 1. The summed E-state index contributed by atoms with van der Waals surface area (Å²) in [5.74, 6) is 0. The quantitative estimate of drug-likeness (QED) is 0.902. The van der Waals surface area contributed by atoms with Gasteiger partial charge in [0.2, 0.25) is 0 Å². The van der Waals surface area contributed by atoms with Crippen LogP contribution in [0.5, 0.6) is 0 Å². The molecule has 1 fully saturated rings. The lowest BCUT2D eigenvalue weighted by Gasteiger charge is -2.34. The molecule has 1 aliphatic heterocycles. The molecule has 1 saturated heterocycles. The van der Waals surface area contributed by atoms with Gasteiger partial charge in [-0.2, -0.15) is 13.2 Å². The second-order valence-corrected chi connectivity index (χ2v) is 4.55. The third-order valence-corrected chi connectivity index (χ3v) is 3.42. The summed E-state index contributed by atoms with van der Waals surface area (Å²) in [6.45, 7) is 5.08. The zero-order valence-corrected chi connectivity index (χ0v) is 11.5. The summed E-state index contributed by atoms with van der Waals surface area (Å²) in [7, 11) is 0. The SMILES string of the molecule is C[C@@H](c1ccccc1C(F)(F)F)N1CCNCC1.Cl. The van der Waals surface area contributed by atoms with Crippen molar-refractivity contribution in [2.75, 3.05) is 26.2 Å². The van der Waals surface area contributed by atoms with E-state index >= 15 is 0 Å². The van der Waals surface area contributed by atoms with Crippen molar-refractivity contribution in [1.29, 1.82) is 0 Å². The summed E-state index contributed by atoms with van der Waals surface area (Å²) in [5, 5.41) is 3.20. The van der Waals surface area contributed by atoms with Crippen molar-refractivity contribution < 1.29 is 13.2 Å². The van der Waals surface area contributed by atoms with Crippen molar-refractivity contribution >= 4 is 12.4 Å². The highest BCUT2D eigenvalue weighted by atomic mass is 35.5. The first-order valence-electron chi connectivity index (χ1n) is 6.11. The van der Waals surface area contributed by atoms with Gasteiger partial charge in [0, 0.05) is 32.2 Å². The maximum absolute atomic E-state index is 12.9. The molecule has 19 heavy (non-hydrogen) atoms. The van der Waals surface area contributed by atoms with Gasteiger partial charge in [0.1, 0.15) is 0 Å². The minimum Gasteiger partial charge on any atom is -0.314 e. The van der Waals surface area contributed by atoms with Gasteiger partial charge in [0.15, 0.2) is 0 Å². The molecule has 1 aliphatic rings. The fourth-order valence-electron chi connectivity index (χ4n) is 2.39. The molecular weight excluding hydrogens is 277 g/mol. The first-order chi connectivity index (χ1) is 8.50. The van der Waals surface area contributed by atoms with Crippen LogP contribution in [0.1, 0.15) is 24.1 Å². The van der Waals surface area contributed by atoms with E-state index in [-0.39, 0.29) is 18.4 Å². The Kier molecular flexibility index (Phi) is 5.64. The molecule has 0 aliphatic carbocycles. The van der Waals surface area contributed by atoms with Crippen LogP contribution in [0, 0.1) is 0 Å². The molecule has 0 amide bonds. The molecule has 1 aromatic carbocycles. The molecule has 1 aromatic rings. The summed E-state index contributed by atoms with van der Waals surface area (Å²) < 4.78 is 38.8. The number of alkyl halides is 3. The number of hydrogen-bond acceptors (Lipinski definition) is 2. The van der Waals surface area contributed by atoms with Crippen LogP contribution in [-0.4, -0.2) is 31.1 Å². The minimum atomic E-state index is -4.28. The molecule has 0 bridgehead atoms.